The fraction of sp³-hybridized carbons (Fsp3) is 0.261. The first kappa shape index (κ1) is 20.5. The predicted molar refractivity (Wildman–Crippen MR) is 113 cm³/mol. The molecule has 0 aliphatic carbocycles. The predicted octanol–water partition coefficient (Wildman–Crippen LogP) is 3.38. The number of hydrogen-bond donors (Lipinski definition) is 3. The molecule has 0 saturated heterocycles. The van der Waals surface area contributed by atoms with Gasteiger partial charge >= 0.3 is 0 Å². The molecule has 2 amide bonds. The summed E-state index contributed by atoms with van der Waals surface area (Å²) in [6, 6.07) is 15.4. The van der Waals surface area contributed by atoms with Crippen LogP contribution in [0.1, 0.15) is 30.0 Å². The fourth-order valence-electron chi connectivity index (χ4n) is 3.62. The van der Waals surface area contributed by atoms with Crippen molar-refractivity contribution in [3.63, 3.8) is 0 Å². The Kier molecular flexibility index (Phi) is 6.57. The lowest BCUT2D eigenvalue weighted by molar-refractivity contribution is -0.124. The molecule has 1 aliphatic rings. The SMILES string of the molecule is CC[C@H](C(=N)Cc1ccc(/C=C/C(=O)NO)cc1)C(=O)N1CCc2ccccc21. The van der Waals surface area contributed by atoms with Crippen LogP contribution in [-0.4, -0.2) is 29.3 Å². The molecule has 0 unspecified atom stereocenters. The molecule has 2 aromatic carbocycles. The number of nitrogens with zero attached hydrogens (tertiary/aromatic N) is 1. The number of hydrogen-bond acceptors (Lipinski definition) is 4. The Balaban J connectivity index is 1.66. The van der Waals surface area contributed by atoms with Crippen LogP contribution >= 0.6 is 0 Å². The van der Waals surface area contributed by atoms with Crippen molar-refractivity contribution >= 4 is 29.3 Å². The van der Waals surface area contributed by atoms with Gasteiger partial charge in [0, 0.05) is 30.4 Å². The minimum absolute atomic E-state index is 0.00276. The van der Waals surface area contributed by atoms with Crippen molar-refractivity contribution in [2.45, 2.75) is 26.2 Å². The summed E-state index contributed by atoms with van der Waals surface area (Å²) in [5.41, 5.74) is 5.84. The maximum absolute atomic E-state index is 13.1. The van der Waals surface area contributed by atoms with Gasteiger partial charge in [0.2, 0.25) is 5.91 Å². The maximum atomic E-state index is 13.1. The highest BCUT2D eigenvalue weighted by molar-refractivity contribution is 6.10. The van der Waals surface area contributed by atoms with Crippen LogP contribution in [0.25, 0.3) is 6.08 Å². The zero-order valence-corrected chi connectivity index (χ0v) is 16.4. The normalized spacial score (nSPS) is 13.9. The van der Waals surface area contributed by atoms with E-state index in [0.717, 1.165) is 23.2 Å². The third-order valence-electron chi connectivity index (χ3n) is 5.19. The molecule has 0 aromatic heterocycles. The number of hydroxylamine groups is 1. The van der Waals surface area contributed by atoms with E-state index < -0.39 is 11.8 Å². The summed E-state index contributed by atoms with van der Waals surface area (Å²) in [6.07, 6.45) is 4.67. The van der Waals surface area contributed by atoms with Gasteiger partial charge in [0.05, 0.1) is 5.92 Å². The van der Waals surface area contributed by atoms with Crippen molar-refractivity contribution in [1.29, 1.82) is 5.41 Å². The standard InChI is InChI=1S/C23H25N3O3/c1-2-19(23(28)26-14-13-18-5-3-4-6-21(18)26)20(24)15-17-9-7-16(8-10-17)11-12-22(27)25-29/h3-12,19,24,29H,2,13-15H2,1H3,(H,25,27)/b12-11+,24-20?/t19-/m1/s1. The van der Waals surface area contributed by atoms with Gasteiger partial charge in [-0.05, 0) is 41.7 Å². The Bertz CT molecular complexity index is 935. The summed E-state index contributed by atoms with van der Waals surface area (Å²) in [5, 5.41) is 17.0. The van der Waals surface area contributed by atoms with Gasteiger partial charge in [-0.1, -0.05) is 49.4 Å². The molecule has 6 nitrogen and oxygen atoms in total. The van der Waals surface area contributed by atoms with Crippen LogP contribution in [0.4, 0.5) is 5.69 Å². The molecular weight excluding hydrogens is 366 g/mol. The van der Waals surface area contributed by atoms with E-state index in [1.54, 1.807) is 11.6 Å². The van der Waals surface area contributed by atoms with Crippen LogP contribution in [0.15, 0.2) is 54.6 Å². The van der Waals surface area contributed by atoms with Crippen molar-refractivity contribution in [2.24, 2.45) is 5.92 Å². The third kappa shape index (κ3) is 4.78. The Hall–Kier alpha value is -3.25. The zero-order chi connectivity index (χ0) is 20.8. The molecule has 3 rings (SSSR count). The Morgan fingerprint density at radius 2 is 1.93 bits per heavy atom. The molecule has 29 heavy (non-hydrogen) atoms. The van der Waals surface area contributed by atoms with Gasteiger partial charge in [-0.15, -0.1) is 0 Å². The summed E-state index contributed by atoms with van der Waals surface area (Å²) < 4.78 is 0. The number of anilines is 1. The summed E-state index contributed by atoms with van der Waals surface area (Å²) in [6.45, 7) is 2.61. The zero-order valence-electron chi connectivity index (χ0n) is 16.4. The molecule has 1 aliphatic heterocycles. The lowest BCUT2D eigenvalue weighted by Gasteiger charge is -2.24. The van der Waals surface area contributed by atoms with E-state index in [-0.39, 0.29) is 5.91 Å². The Morgan fingerprint density at radius 1 is 1.21 bits per heavy atom. The second kappa shape index (κ2) is 9.30. The molecule has 0 radical (unpaired) electrons. The van der Waals surface area contributed by atoms with E-state index in [1.807, 2.05) is 54.3 Å². The van der Waals surface area contributed by atoms with Crippen molar-refractivity contribution in [3.05, 3.63) is 71.3 Å². The topological polar surface area (TPSA) is 93.5 Å². The Labute approximate surface area is 170 Å². The second-order valence-corrected chi connectivity index (χ2v) is 7.08. The first-order valence-corrected chi connectivity index (χ1v) is 9.71. The minimum atomic E-state index is -0.594. The van der Waals surface area contributed by atoms with Crippen LogP contribution in [0.3, 0.4) is 0 Å². The molecule has 0 bridgehead atoms. The molecule has 1 heterocycles. The van der Waals surface area contributed by atoms with Crippen LogP contribution < -0.4 is 10.4 Å². The van der Waals surface area contributed by atoms with Crippen LogP contribution in [0, 0.1) is 11.3 Å². The van der Waals surface area contributed by atoms with Gasteiger partial charge in [-0.25, -0.2) is 5.48 Å². The molecule has 3 N–H and O–H groups in total. The minimum Gasteiger partial charge on any atom is -0.311 e. The number of rotatable bonds is 7. The quantitative estimate of drug-likeness (QED) is 0.292. The first-order chi connectivity index (χ1) is 14.0. The van der Waals surface area contributed by atoms with E-state index in [2.05, 4.69) is 6.07 Å². The van der Waals surface area contributed by atoms with Gasteiger partial charge in [0.15, 0.2) is 0 Å². The van der Waals surface area contributed by atoms with Crippen molar-refractivity contribution in [1.82, 2.24) is 5.48 Å². The average molecular weight is 391 g/mol. The number of nitrogens with one attached hydrogen (secondary N) is 2. The number of benzene rings is 2. The van der Waals surface area contributed by atoms with Crippen LogP contribution in [0.5, 0.6) is 0 Å². The maximum Gasteiger partial charge on any atom is 0.267 e. The molecule has 0 fully saturated rings. The largest absolute Gasteiger partial charge is 0.311 e. The average Bonchev–Trinajstić information content (AvgIpc) is 3.17. The van der Waals surface area contributed by atoms with E-state index in [0.29, 0.717) is 25.1 Å². The molecule has 6 heteroatoms. The smallest absolute Gasteiger partial charge is 0.267 e. The number of para-hydroxylation sites is 1. The molecule has 0 saturated carbocycles. The Morgan fingerprint density at radius 3 is 2.62 bits per heavy atom. The van der Waals surface area contributed by atoms with Gasteiger partial charge in [-0.3, -0.25) is 14.8 Å². The molecule has 1 atom stereocenters. The molecule has 2 aromatic rings. The summed E-state index contributed by atoms with van der Waals surface area (Å²) >= 11 is 0. The summed E-state index contributed by atoms with van der Waals surface area (Å²) in [4.78, 5) is 26.0. The van der Waals surface area contributed by atoms with E-state index >= 15 is 0 Å². The van der Waals surface area contributed by atoms with Crippen molar-refractivity contribution in [3.8, 4) is 0 Å². The number of carbonyl (C=O) groups excluding carboxylic acids is 2. The molecule has 0 spiro atoms. The number of carbonyl (C=O) groups is 2. The first-order valence-electron chi connectivity index (χ1n) is 9.71. The van der Waals surface area contributed by atoms with Gasteiger partial charge in [-0.2, -0.15) is 0 Å². The highest BCUT2D eigenvalue weighted by atomic mass is 16.5. The lowest BCUT2D eigenvalue weighted by Crippen LogP contribution is -2.38. The highest BCUT2D eigenvalue weighted by Crippen LogP contribution is 2.29. The number of amides is 2. The third-order valence-corrected chi connectivity index (χ3v) is 5.19. The summed E-state index contributed by atoms with van der Waals surface area (Å²) in [7, 11) is 0. The molecule has 150 valence electrons. The van der Waals surface area contributed by atoms with Crippen LogP contribution in [-0.2, 0) is 22.4 Å². The summed E-state index contributed by atoms with van der Waals surface area (Å²) in [5.74, 6) is -1.03. The van der Waals surface area contributed by atoms with Crippen molar-refractivity contribution < 1.29 is 14.8 Å². The van der Waals surface area contributed by atoms with Gasteiger partial charge in [0.25, 0.3) is 5.91 Å². The van der Waals surface area contributed by atoms with Gasteiger partial charge < -0.3 is 10.3 Å². The molecular formula is C23H25N3O3. The fourth-order valence-corrected chi connectivity index (χ4v) is 3.62. The van der Waals surface area contributed by atoms with E-state index in [1.165, 1.54) is 11.6 Å². The van der Waals surface area contributed by atoms with Gasteiger partial charge in [0.1, 0.15) is 0 Å². The monoisotopic (exact) mass is 391 g/mol. The highest BCUT2D eigenvalue weighted by Gasteiger charge is 2.31. The van der Waals surface area contributed by atoms with E-state index in [4.69, 9.17) is 10.6 Å². The van der Waals surface area contributed by atoms with Crippen molar-refractivity contribution in [2.75, 3.05) is 11.4 Å². The number of fused-ring (bicyclic) bond motifs is 1. The lowest BCUT2D eigenvalue weighted by atomic mass is 9.93. The van der Waals surface area contributed by atoms with E-state index in [9.17, 15) is 9.59 Å². The second-order valence-electron chi connectivity index (χ2n) is 7.08. The van der Waals surface area contributed by atoms with Crippen LogP contribution in [0.2, 0.25) is 0 Å².